The van der Waals surface area contributed by atoms with Crippen molar-refractivity contribution < 1.29 is 4.79 Å². The predicted octanol–water partition coefficient (Wildman–Crippen LogP) is 2.19. The molecule has 0 saturated carbocycles. The number of hydrogen-bond donors (Lipinski definition) is 0. The molecule has 0 unspecified atom stereocenters. The van der Waals surface area contributed by atoms with Gasteiger partial charge in [0.15, 0.2) is 0 Å². The van der Waals surface area contributed by atoms with Gasteiger partial charge >= 0.3 is 6.03 Å². The number of amides is 2. The van der Waals surface area contributed by atoms with Gasteiger partial charge in [-0.05, 0) is 24.3 Å². The van der Waals surface area contributed by atoms with Crippen LogP contribution in [0.1, 0.15) is 0 Å². The van der Waals surface area contributed by atoms with Gasteiger partial charge in [-0.3, -0.25) is 0 Å². The van der Waals surface area contributed by atoms with Crippen molar-refractivity contribution in [1.82, 2.24) is 19.8 Å². The fourth-order valence-corrected chi connectivity index (χ4v) is 3.77. The van der Waals surface area contributed by atoms with Crippen molar-refractivity contribution in [2.45, 2.75) is 0 Å². The summed E-state index contributed by atoms with van der Waals surface area (Å²) in [7, 11) is 0. The Bertz CT molecular complexity index is 773. The molecular weight excluding hydrogens is 364 g/mol. The average molecular weight is 387 g/mol. The molecule has 142 valence electrons. The number of carbonyl (C=O) groups is 1. The Kier molecular flexibility index (Phi) is 5.29. The molecule has 2 aromatic rings. The molecule has 0 spiro atoms. The number of halogens is 1. The lowest BCUT2D eigenvalue weighted by atomic mass is 10.2. The van der Waals surface area contributed by atoms with E-state index in [0.717, 1.165) is 55.9 Å². The summed E-state index contributed by atoms with van der Waals surface area (Å²) in [4.78, 5) is 29.7. The summed E-state index contributed by atoms with van der Waals surface area (Å²) in [5, 5.41) is 0.742. The highest BCUT2D eigenvalue weighted by atomic mass is 35.5. The number of urea groups is 1. The van der Waals surface area contributed by atoms with Crippen LogP contribution < -0.4 is 9.80 Å². The minimum Gasteiger partial charge on any atom is -0.368 e. The Morgan fingerprint density at radius 2 is 1.41 bits per heavy atom. The van der Waals surface area contributed by atoms with Gasteiger partial charge in [0.05, 0.1) is 0 Å². The molecule has 2 fully saturated rings. The molecule has 2 aliphatic rings. The number of aromatic nitrogens is 2. The third-order valence-electron chi connectivity index (χ3n) is 5.11. The van der Waals surface area contributed by atoms with Gasteiger partial charge in [-0.25, -0.2) is 14.8 Å². The van der Waals surface area contributed by atoms with Gasteiger partial charge in [-0.15, -0.1) is 0 Å². The molecule has 3 heterocycles. The zero-order valence-electron chi connectivity index (χ0n) is 15.2. The molecule has 1 aromatic carbocycles. The number of nitrogens with zero attached hydrogens (tertiary/aromatic N) is 6. The van der Waals surface area contributed by atoms with Crippen LogP contribution in [0.5, 0.6) is 0 Å². The first-order valence-electron chi connectivity index (χ1n) is 9.27. The van der Waals surface area contributed by atoms with Crippen LogP contribution in [0.25, 0.3) is 0 Å². The van der Waals surface area contributed by atoms with Gasteiger partial charge in [0.1, 0.15) is 0 Å². The predicted molar refractivity (Wildman–Crippen MR) is 106 cm³/mol. The fraction of sp³-hybridized carbons (Fsp3) is 0.421. The number of benzene rings is 1. The van der Waals surface area contributed by atoms with E-state index in [9.17, 15) is 4.79 Å². The summed E-state index contributed by atoms with van der Waals surface area (Å²) in [6, 6.07) is 9.83. The third kappa shape index (κ3) is 4.08. The number of hydrogen-bond acceptors (Lipinski definition) is 5. The number of piperazine rings is 2. The molecule has 4 rings (SSSR count). The maximum atomic E-state index is 12.9. The lowest BCUT2D eigenvalue weighted by molar-refractivity contribution is 0.147. The minimum absolute atomic E-state index is 0.134. The van der Waals surface area contributed by atoms with Crippen LogP contribution in [-0.2, 0) is 0 Å². The van der Waals surface area contributed by atoms with Crippen molar-refractivity contribution >= 4 is 29.3 Å². The standard InChI is InChI=1S/C19H23ClN6O/c20-16-3-1-4-17(15-16)23-7-11-25(12-8-23)19(27)26-13-9-24(10-14-26)18-21-5-2-6-22-18/h1-6,15H,7-14H2. The Balaban J connectivity index is 1.29. The van der Waals surface area contributed by atoms with Gasteiger partial charge in [0.25, 0.3) is 0 Å². The summed E-state index contributed by atoms with van der Waals surface area (Å²) >= 11 is 6.09. The van der Waals surface area contributed by atoms with Crippen molar-refractivity contribution in [2.24, 2.45) is 0 Å². The van der Waals surface area contributed by atoms with Crippen LogP contribution in [0, 0.1) is 0 Å². The van der Waals surface area contributed by atoms with E-state index in [4.69, 9.17) is 11.6 Å². The van der Waals surface area contributed by atoms with Gasteiger partial charge in [-0.2, -0.15) is 0 Å². The molecule has 2 amide bonds. The average Bonchev–Trinajstić information content (AvgIpc) is 2.74. The van der Waals surface area contributed by atoms with Crippen molar-refractivity contribution in [1.29, 1.82) is 0 Å². The van der Waals surface area contributed by atoms with Gasteiger partial charge in [-0.1, -0.05) is 17.7 Å². The minimum atomic E-state index is 0.134. The summed E-state index contributed by atoms with van der Waals surface area (Å²) < 4.78 is 0. The lowest BCUT2D eigenvalue weighted by Gasteiger charge is -2.41. The van der Waals surface area contributed by atoms with Crippen LogP contribution in [0.3, 0.4) is 0 Å². The molecule has 27 heavy (non-hydrogen) atoms. The number of anilines is 2. The normalized spacial score (nSPS) is 18.0. The van der Waals surface area contributed by atoms with Crippen LogP contribution in [0.2, 0.25) is 5.02 Å². The molecule has 0 radical (unpaired) electrons. The lowest BCUT2D eigenvalue weighted by Crippen LogP contribution is -2.57. The molecule has 0 atom stereocenters. The maximum absolute atomic E-state index is 12.9. The van der Waals surface area contributed by atoms with E-state index in [1.165, 1.54) is 0 Å². The zero-order chi connectivity index (χ0) is 18.6. The molecule has 0 bridgehead atoms. The first kappa shape index (κ1) is 17.9. The van der Waals surface area contributed by atoms with Crippen LogP contribution in [0.15, 0.2) is 42.7 Å². The van der Waals surface area contributed by atoms with Gasteiger partial charge < -0.3 is 19.6 Å². The molecule has 2 aliphatic heterocycles. The summed E-state index contributed by atoms with van der Waals surface area (Å²) in [5.41, 5.74) is 1.12. The SMILES string of the molecule is O=C(N1CCN(c2cccc(Cl)c2)CC1)N1CCN(c2ncccn2)CC1. The topological polar surface area (TPSA) is 55.8 Å². The molecule has 0 N–H and O–H groups in total. The molecule has 2 saturated heterocycles. The molecule has 8 heteroatoms. The molecular formula is C19H23ClN6O. The second kappa shape index (κ2) is 8.00. The van der Waals surface area contributed by atoms with E-state index in [1.54, 1.807) is 12.4 Å². The Morgan fingerprint density at radius 3 is 2.00 bits per heavy atom. The second-order valence-corrected chi connectivity index (χ2v) is 7.20. The summed E-state index contributed by atoms with van der Waals surface area (Å²) in [5.74, 6) is 0.736. The molecule has 0 aliphatic carbocycles. The van der Waals surface area contributed by atoms with Crippen LogP contribution >= 0.6 is 11.6 Å². The van der Waals surface area contributed by atoms with E-state index >= 15 is 0 Å². The summed E-state index contributed by atoms with van der Waals surface area (Å²) in [6.45, 7) is 6.03. The van der Waals surface area contributed by atoms with E-state index < -0.39 is 0 Å². The molecule has 1 aromatic heterocycles. The van der Waals surface area contributed by atoms with E-state index in [-0.39, 0.29) is 6.03 Å². The van der Waals surface area contributed by atoms with Crippen molar-refractivity contribution in [2.75, 3.05) is 62.2 Å². The van der Waals surface area contributed by atoms with Crippen LogP contribution in [-0.4, -0.2) is 78.2 Å². The fourth-order valence-electron chi connectivity index (χ4n) is 3.58. The third-order valence-corrected chi connectivity index (χ3v) is 5.34. The highest BCUT2D eigenvalue weighted by Gasteiger charge is 2.28. The van der Waals surface area contributed by atoms with E-state index in [1.807, 2.05) is 34.1 Å². The van der Waals surface area contributed by atoms with Crippen molar-refractivity contribution in [3.8, 4) is 0 Å². The monoisotopic (exact) mass is 386 g/mol. The van der Waals surface area contributed by atoms with Gasteiger partial charge in [0, 0.05) is 75.5 Å². The van der Waals surface area contributed by atoms with E-state index in [2.05, 4.69) is 25.8 Å². The second-order valence-electron chi connectivity index (χ2n) is 6.76. The Labute approximate surface area is 164 Å². The highest BCUT2D eigenvalue weighted by molar-refractivity contribution is 6.30. The summed E-state index contributed by atoms with van der Waals surface area (Å²) in [6.07, 6.45) is 3.50. The smallest absolute Gasteiger partial charge is 0.320 e. The first-order chi connectivity index (χ1) is 13.2. The number of carbonyl (C=O) groups excluding carboxylic acids is 1. The van der Waals surface area contributed by atoms with Crippen molar-refractivity contribution in [3.05, 3.63) is 47.7 Å². The van der Waals surface area contributed by atoms with Crippen molar-refractivity contribution in [3.63, 3.8) is 0 Å². The maximum Gasteiger partial charge on any atom is 0.320 e. The quantitative estimate of drug-likeness (QED) is 0.792. The van der Waals surface area contributed by atoms with E-state index in [0.29, 0.717) is 13.1 Å². The Hall–Kier alpha value is -2.54. The first-order valence-corrected chi connectivity index (χ1v) is 9.65. The Morgan fingerprint density at radius 1 is 0.815 bits per heavy atom. The van der Waals surface area contributed by atoms with Gasteiger partial charge in [0.2, 0.25) is 5.95 Å². The largest absolute Gasteiger partial charge is 0.368 e. The molecule has 7 nitrogen and oxygen atoms in total. The van der Waals surface area contributed by atoms with Crippen LogP contribution in [0.4, 0.5) is 16.4 Å². The number of rotatable bonds is 2. The highest BCUT2D eigenvalue weighted by Crippen LogP contribution is 2.21. The zero-order valence-corrected chi connectivity index (χ0v) is 15.9.